The number of fused-ring (bicyclic) bond motifs is 1. The summed E-state index contributed by atoms with van der Waals surface area (Å²) in [5.41, 5.74) is 5.88. The summed E-state index contributed by atoms with van der Waals surface area (Å²) in [4.78, 5) is 31.7. The number of morpholine rings is 1. The van der Waals surface area contributed by atoms with Gasteiger partial charge in [0.2, 0.25) is 5.88 Å². The highest BCUT2D eigenvalue weighted by Crippen LogP contribution is 2.34. The van der Waals surface area contributed by atoms with Gasteiger partial charge in [0.25, 0.3) is 0 Å². The number of aromatic nitrogens is 5. The molecule has 0 spiro atoms. The first-order valence-electron chi connectivity index (χ1n) is 13.3. The zero-order valence-electron chi connectivity index (χ0n) is 22.3. The summed E-state index contributed by atoms with van der Waals surface area (Å²) in [5.74, 6) is 1.37. The van der Waals surface area contributed by atoms with Crippen molar-refractivity contribution in [2.45, 2.75) is 26.2 Å². The molecule has 11 heteroatoms. The molecule has 0 aliphatic carbocycles. The zero-order chi connectivity index (χ0) is 27.5. The van der Waals surface area contributed by atoms with E-state index in [1.54, 1.807) is 24.8 Å². The van der Waals surface area contributed by atoms with E-state index in [9.17, 15) is 4.79 Å². The Morgan fingerprint density at radius 2 is 1.98 bits per heavy atom. The van der Waals surface area contributed by atoms with Crippen LogP contribution in [0.1, 0.15) is 31.7 Å². The molecule has 1 atom stereocenters. The van der Waals surface area contributed by atoms with Gasteiger partial charge < -0.3 is 24.5 Å². The van der Waals surface area contributed by atoms with Crippen molar-refractivity contribution >= 4 is 34.5 Å². The van der Waals surface area contributed by atoms with Crippen molar-refractivity contribution in [3.05, 3.63) is 66.7 Å². The highest BCUT2D eigenvalue weighted by Gasteiger charge is 2.19. The maximum absolute atomic E-state index is 12.9. The van der Waals surface area contributed by atoms with Crippen LogP contribution in [0.15, 0.2) is 65.7 Å². The number of ether oxygens (including phenoxy) is 1. The van der Waals surface area contributed by atoms with E-state index in [-0.39, 0.29) is 11.8 Å². The summed E-state index contributed by atoms with van der Waals surface area (Å²) in [5, 5.41) is 10.7. The number of hydrogen-bond donors (Lipinski definition) is 3. The number of hydrogen-bond acceptors (Lipinski definition) is 8. The third kappa shape index (κ3) is 5.23. The Morgan fingerprint density at radius 1 is 1.10 bits per heavy atom. The largest absolute Gasteiger partial charge is 0.378 e. The van der Waals surface area contributed by atoms with Gasteiger partial charge in [-0.05, 0) is 53.8 Å². The molecule has 1 saturated heterocycles. The number of urea groups is 1. The number of H-pyrrole nitrogens is 1. The lowest BCUT2D eigenvalue weighted by Crippen LogP contribution is -2.36. The van der Waals surface area contributed by atoms with Gasteiger partial charge in [-0.25, -0.2) is 14.8 Å². The van der Waals surface area contributed by atoms with E-state index in [0.29, 0.717) is 18.9 Å². The van der Waals surface area contributed by atoms with E-state index in [0.717, 1.165) is 64.4 Å². The number of carbonyl (C=O) groups is 1. The summed E-state index contributed by atoms with van der Waals surface area (Å²) in [7, 11) is 0. The number of carbonyl (C=O) groups excluding carboxylic acids is 1. The van der Waals surface area contributed by atoms with Crippen molar-refractivity contribution < 1.29 is 14.1 Å². The maximum atomic E-state index is 12.9. The molecule has 1 aliphatic rings. The van der Waals surface area contributed by atoms with Crippen LogP contribution < -0.4 is 15.5 Å². The number of anilines is 3. The van der Waals surface area contributed by atoms with Crippen molar-refractivity contribution in [3.63, 3.8) is 0 Å². The van der Waals surface area contributed by atoms with Crippen LogP contribution in [0.5, 0.6) is 0 Å². The Hall–Kier alpha value is -4.77. The third-order valence-electron chi connectivity index (χ3n) is 7.17. The monoisotopic (exact) mass is 538 g/mol. The Morgan fingerprint density at radius 3 is 2.77 bits per heavy atom. The number of benzene rings is 1. The molecule has 1 aliphatic heterocycles. The molecule has 1 unspecified atom stereocenters. The molecule has 0 saturated carbocycles. The molecule has 3 N–H and O–H groups in total. The van der Waals surface area contributed by atoms with Crippen LogP contribution in [0.25, 0.3) is 33.5 Å². The van der Waals surface area contributed by atoms with Gasteiger partial charge in [0.05, 0.1) is 18.6 Å². The summed E-state index contributed by atoms with van der Waals surface area (Å²) >= 11 is 0. The summed E-state index contributed by atoms with van der Waals surface area (Å²) < 4.78 is 10.8. The molecule has 1 aromatic carbocycles. The van der Waals surface area contributed by atoms with E-state index >= 15 is 0 Å². The fourth-order valence-corrected chi connectivity index (χ4v) is 4.83. The fraction of sp³-hybridized carbons (Fsp3) is 0.276. The molecule has 2 amide bonds. The van der Waals surface area contributed by atoms with Crippen LogP contribution >= 0.6 is 0 Å². The van der Waals surface area contributed by atoms with Crippen molar-refractivity contribution in [2.75, 3.05) is 41.8 Å². The highest BCUT2D eigenvalue weighted by atomic mass is 16.5. The lowest BCUT2D eigenvalue weighted by Gasteiger charge is -2.27. The smallest absolute Gasteiger partial charge is 0.326 e. The Kier molecular flexibility index (Phi) is 7.11. The summed E-state index contributed by atoms with van der Waals surface area (Å²) in [6, 6.07) is 13.1. The number of rotatable bonds is 7. The SMILES string of the molecule is CCC(C)c1cc(-c2cc3c(N4CCOCC4)ncnc3[nH]2)ccc1NC(=O)Nc1cc(-c2cccnc2)no1. The predicted octanol–water partition coefficient (Wildman–Crippen LogP) is 5.67. The first-order valence-corrected chi connectivity index (χ1v) is 13.3. The van der Waals surface area contributed by atoms with Gasteiger partial charge in [-0.3, -0.25) is 10.3 Å². The van der Waals surface area contributed by atoms with Crippen LogP contribution in [0.3, 0.4) is 0 Å². The molecule has 6 rings (SSSR count). The number of aromatic amines is 1. The quantitative estimate of drug-likeness (QED) is 0.241. The molecule has 0 radical (unpaired) electrons. The van der Waals surface area contributed by atoms with Crippen LogP contribution in [-0.4, -0.2) is 57.4 Å². The minimum Gasteiger partial charge on any atom is -0.378 e. The van der Waals surface area contributed by atoms with Crippen molar-refractivity contribution in [1.82, 2.24) is 25.1 Å². The van der Waals surface area contributed by atoms with Crippen LogP contribution in [-0.2, 0) is 4.74 Å². The van der Waals surface area contributed by atoms with Crippen molar-refractivity contribution in [1.29, 1.82) is 0 Å². The first kappa shape index (κ1) is 25.5. The molecule has 5 heterocycles. The van der Waals surface area contributed by atoms with Crippen molar-refractivity contribution in [2.24, 2.45) is 0 Å². The Labute approximate surface area is 231 Å². The lowest BCUT2D eigenvalue weighted by atomic mass is 9.94. The average Bonchev–Trinajstić information content (AvgIpc) is 3.65. The number of nitrogens with one attached hydrogen (secondary N) is 3. The molecule has 11 nitrogen and oxygen atoms in total. The van der Waals surface area contributed by atoms with Gasteiger partial charge in [-0.1, -0.05) is 25.1 Å². The van der Waals surface area contributed by atoms with Gasteiger partial charge in [0, 0.05) is 48.5 Å². The van der Waals surface area contributed by atoms with Gasteiger partial charge in [-0.2, -0.15) is 0 Å². The van der Waals surface area contributed by atoms with Crippen LogP contribution in [0.2, 0.25) is 0 Å². The minimum atomic E-state index is -0.415. The van der Waals surface area contributed by atoms with E-state index < -0.39 is 6.03 Å². The van der Waals surface area contributed by atoms with Crippen LogP contribution in [0, 0.1) is 0 Å². The number of pyridine rings is 1. The predicted molar refractivity (Wildman–Crippen MR) is 153 cm³/mol. The fourth-order valence-electron chi connectivity index (χ4n) is 4.83. The first-order chi connectivity index (χ1) is 19.6. The van der Waals surface area contributed by atoms with Gasteiger partial charge in [0.15, 0.2) is 0 Å². The van der Waals surface area contributed by atoms with E-state index in [2.05, 4.69) is 66.6 Å². The molecular formula is C29H30N8O3. The summed E-state index contributed by atoms with van der Waals surface area (Å²) in [6.45, 7) is 7.24. The zero-order valence-corrected chi connectivity index (χ0v) is 22.3. The Balaban J connectivity index is 1.24. The second-order valence-electron chi connectivity index (χ2n) is 9.75. The van der Waals surface area contributed by atoms with Crippen LogP contribution in [0.4, 0.5) is 22.2 Å². The van der Waals surface area contributed by atoms with Crippen molar-refractivity contribution in [3.8, 4) is 22.5 Å². The highest BCUT2D eigenvalue weighted by molar-refractivity contribution is 6.00. The lowest BCUT2D eigenvalue weighted by molar-refractivity contribution is 0.122. The second kappa shape index (κ2) is 11.1. The second-order valence-corrected chi connectivity index (χ2v) is 9.75. The van der Waals surface area contributed by atoms with E-state index in [4.69, 9.17) is 9.26 Å². The molecule has 0 bridgehead atoms. The topological polar surface area (TPSA) is 134 Å². The number of amides is 2. The molecule has 5 aromatic rings. The summed E-state index contributed by atoms with van der Waals surface area (Å²) in [6.07, 6.45) is 5.88. The Bertz CT molecular complexity index is 1630. The minimum absolute atomic E-state index is 0.214. The van der Waals surface area contributed by atoms with E-state index in [1.165, 1.54) is 0 Å². The average molecular weight is 539 g/mol. The van der Waals surface area contributed by atoms with E-state index in [1.807, 2.05) is 24.3 Å². The molecular weight excluding hydrogens is 508 g/mol. The van der Waals surface area contributed by atoms with Gasteiger partial charge in [-0.15, -0.1) is 0 Å². The standard InChI is InChI=1S/C29H30N8O3/c1-3-18(2)21-13-19(24-14-22-27(33-24)31-17-32-28(22)37-9-11-39-12-10-37)6-7-23(21)34-29(38)35-26-15-25(36-40-26)20-5-4-8-30-16-20/h4-8,13-18H,3,9-12H2,1-2H3,(H,31,32,33)(H2,34,35,38). The molecule has 40 heavy (non-hydrogen) atoms. The molecule has 204 valence electrons. The normalized spacial score (nSPS) is 14.3. The van der Waals surface area contributed by atoms with Gasteiger partial charge >= 0.3 is 6.03 Å². The molecule has 1 fully saturated rings. The van der Waals surface area contributed by atoms with Gasteiger partial charge in [0.1, 0.15) is 23.5 Å². The molecule has 4 aromatic heterocycles. The maximum Gasteiger partial charge on any atom is 0.326 e. The number of nitrogens with zero attached hydrogens (tertiary/aromatic N) is 5. The third-order valence-corrected chi connectivity index (χ3v) is 7.17.